The summed E-state index contributed by atoms with van der Waals surface area (Å²) >= 11 is 0. The number of likely N-dealkylation sites (tertiary alicyclic amines) is 1. The molecule has 1 amide bonds. The molecule has 1 atom stereocenters. The molecule has 146 valence electrons. The molecule has 8 heteroatoms. The van der Waals surface area contributed by atoms with Gasteiger partial charge < -0.3 is 13.8 Å². The molecular formula is C20H23N5O3. The van der Waals surface area contributed by atoms with Gasteiger partial charge in [-0.3, -0.25) is 9.89 Å². The van der Waals surface area contributed by atoms with Crippen LogP contribution in [-0.4, -0.2) is 44.2 Å². The van der Waals surface area contributed by atoms with E-state index in [9.17, 15) is 4.79 Å². The first kappa shape index (κ1) is 17.2. The summed E-state index contributed by atoms with van der Waals surface area (Å²) in [6.45, 7) is 1.64. The molecule has 5 rings (SSSR count). The Morgan fingerprint density at radius 3 is 3.21 bits per heavy atom. The molecule has 0 saturated carbocycles. The van der Waals surface area contributed by atoms with Gasteiger partial charge in [0, 0.05) is 37.0 Å². The van der Waals surface area contributed by atoms with Crippen LogP contribution in [-0.2, 0) is 23.1 Å². The number of furan rings is 1. The fraction of sp³-hybridized carbons (Fsp3) is 0.500. The molecule has 28 heavy (non-hydrogen) atoms. The van der Waals surface area contributed by atoms with Crippen LogP contribution in [0.25, 0.3) is 11.6 Å². The molecule has 2 aliphatic rings. The van der Waals surface area contributed by atoms with E-state index in [-0.39, 0.29) is 11.3 Å². The van der Waals surface area contributed by atoms with E-state index in [1.165, 1.54) is 11.3 Å². The number of fused-ring (bicyclic) bond motifs is 2. The molecule has 3 aromatic heterocycles. The number of hydrogen-bond donors (Lipinski definition) is 1. The van der Waals surface area contributed by atoms with Gasteiger partial charge in [0.15, 0.2) is 5.76 Å². The summed E-state index contributed by atoms with van der Waals surface area (Å²) in [5, 5.41) is 11.3. The van der Waals surface area contributed by atoms with Gasteiger partial charge in [-0.25, -0.2) is 0 Å². The maximum Gasteiger partial charge on any atom is 0.238 e. The summed E-state index contributed by atoms with van der Waals surface area (Å²) in [4.78, 5) is 19.1. The van der Waals surface area contributed by atoms with Gasteiger partial charge >= 0.3 is 0 Å². The first-order valence-electron chi connectivity index (χ1n) is 9.90. The Hall–Kier alpha value is -2.90. The lowest BCUT2D eigenvalue weighted by Gasteiger charge is -2.40. The molecule has 1 fully saturated rings. The van der Waals surface area contributed by atoms with Gasteiger partial charge in [-0.05, 0) is 49.8 Å². The third-order valence-electron chi connectivity index (χ3n) is 6.04. The average Bonchev–Trinajstić information content (AvgIpc) is 3.49. The van der Waals surface area contributed by atoms with Crippen molar-refractivity contribution in [3.05, 3.63) is 41.7 Å². The van der Waals surface area contributed by atoms with Crippen molar-refractivity contribution in [2.45, 2.75) is 50.4 Å². The third kappa shape index (κ3) is 3.02. The van der Waals surface area contributed by atoms with Gasteiger partial charge in [0.05, 0.1) is 12.5 Å². The number of rotatable bonds is 5. The van der Waals surface area contributed by atoms with Crippen molar-refractivity contribution < 1.29 is 13.7 Å². The summed E-state index contributed by atoms with van der Waals surface area (Å²) in [5.74, 6) is 1.77. The van der Waals surface area contributed by atoms with Crippen LogP contribution in [0.2, 0.25) is 0 Å². The van der Waals surface area contributed by atoms with E-state index >= 15 is 0 Å². The van der Waals surface area contributed by atoms with Crippen LogP contribution < -0.4 is 0 Å². The van der Waals surface area contributed by atoms with Gasteiger partial charge in [0.1, 0.15) is 0 Å². The van der Waals surface area contributed by atoms with Crippen molar-refractivity contribution >= 4 is 5.91 Å². The first-order chi connectivity index (χ1) is 13.7. The Bertz CT molecular complexity index is 960. The number of H-pyrrole nitrogens is 1. The van der Waals surface area contributed by atoms with E-state index in [1.54, 1.807) is 18.4 Å². The van der Waals surface area contributed by atoms with Gasteiger partial charge in [-0.1, -0.05) is 5.16 Å². The van der Waals surface area contributed by atoms with Crippen LogP contribution in [0.4, 0.5) is 0 Å². The monoisotopic (exact) mass is 381 g/mol. The maximum atomic E-state index is 12.8. The highest BCUT2D eigenvalue weighted by Crippen LogP contribution is 2.43. The normalized spacial score (nSPS) is 21.4. The van der Waals surface area contributed by atoms with E-state index in [0.29, 0.717) is 36.7 Å². The number of amides is 1. The van der Waals surface area contributed by atoms with Crippen LogP contribution in [0.1, 0.15) is 49.3 Å². The number of piperidine rings is 1. The van der Waals surface area contributed by atoms with Crippen molar-refractivity contribution in [1.82, 2.24) is 25.2 Å². The second-order valence-electron chi connectivity index (χ2n) is 7.81. The molecule has 0 aromatic carbocycles. The molecule has 1 saturated heterocycles. The number of aryl methyl sites for hydroxylation is 2. The van der Waals surface area contributed by atoms with Gasteiger partial charge in [0.2, 0.25) is 17.6 Å². The topological polar surface area (TPSA) is 101 Å². The predicted molar refractivity (Wildman–Crippen MR) is 99.3 cm³/mol. The molecule has 0 bridgehead atoms. The highest BCUT2D eigenvalue weighted by atomic mass is 16.5. The summed E-state index contributed by atoms with van der Waals surface area (Å²) < 4.78 is 10.5. The first-order valence-corrected chi connectivity index (χ1v) is 9.90. The minimum atomic E-state index is 0.0736. The maximum absolute atomic E-state index is 12.8. The predicted octanol–water partition coefficient (Wildman–Crippen LogP) is 2.88. The number of nitrogens with one attached hydrogen (secondary N) is 1. The van der Waals surface area contributed by atoms with Crippen molar-refractivity contribution in [1.29, 1.82) is 0 Å². The SMILES string of the molecule is O=C(CCCc1nc(-c2ccco2)no1)N1CCCC2(CCc3cn[nH]c32)C1. The zero-order chi connectivity index (χ0) is 19.0. The fourth-order valence-corrected chi connectivity index (χ4v) is 4.62. The number of aromatic amines is 1. The second kappa shape index (κ2) is 6.92. The van der Waals surface area contributed by atoms with Crippen LogP contribution in [0.5, 0.6) is 0 Å². The lowest BCUT2D eigenvalue weighted by atomic mass is 9.77. The molecular weight excluding hydrogens is 358 g/mol. The van der Waals surface area contributed by atoms with Crippen molar-refractivity contribution in [2.24, 2.45) is 0 Å². The summed E-state index contributed by atoms with van der Waals surface area (Å²) in [6.07, 6.45) is 9.62. The third-order valence-corrected chi connectivity index (χ3v) is 6.04. The molecule has 4 heterocycles. The zero-order valence-corrected chi connectivity index (χ0v) is 15.7. The van der Waals surface area contributed by atoms with Crippen molar-refractivity contribution in [3.63, 3.8) is 0 Å². The van der Waals surface area contributed by atoms with Gasteiger partial charge in [-0.2, -0.15) is 10.1 Å². The molecule has 3 aromatic rings. The standard InChI is InChI=1S/C20H23N5O3/c26-17(6-1-5-16-22-19(24-28-16)15-4-2-11-27-15)25-10-3-8-20(13-25)9-7-14-12-21-23-18(14)20/h2,4,11-12H,1,3,5-10,13H2,(H,21,23). The van der Waals surface area contributed by atoms with Crippen molar-refractivity contribution in [2.75, 3.05) is 13.1 Å². The largest absolute Gasteiger partial charge is 0.461 e. The second-order valence-corrected chi connectivity index (χ2v) is 7.81. The molecule has 1 aliphatic carbocycles. The Labute approximate surface area is 162 Å². The highest BCUT2D eigenvalue weighted by Gasteiger charge is 2.44. The zero-order valence-electron chi connectivity index (χ0n) is 15.7. The Balaban J connectivity index is 1.16. The van der Waals surface area contributed by atoms with Crippen LogP contribution in [0.3, 0.4) is 0 Å². The number of carbonyl (C=O) groups is 1. The van der Waals surface area contributed by atoms with E-state index in [1.807, 2.05) is 11.1 Å². The molecule has 1 unspecified atom stereocenters. The molecule has 1 aliphatic heterocycles. The fourth-order valence-electron chi connectivity index (χ4n) is 4.62. The van der Waals surface area contributed by atoms with E-state index in [2.05, 4.69) is 20.3 Å². The van der Waals surface area contributed by atoms with E-state index in [0.717, 1.165) is 38.8 Å². The highest BCUT2D eigenvalue weighted by molar-refractivity contribution is 5.76. The molecule has 1 N–H and O–H groups in total. The smallest absolute Gasteiger partial charge is 0.238 e. The lowest BCUT2D eigenvalue weighted by Crippen LogP contribution is -2.47. The van der Waals surface area contributed by atoms with Crippen molar-refractivity contribution in [3.8, 4) is 11.6 Å². The average molecular weight is 381 g/mol. The minimum absolute atomic E-state index is 0.0736. The number of aromatic nitrogens is 4. The minimum Gasteiger partial charge on any atom is -0.461 e. The molecule has 8 nitrogen and oxygen atoms in total. The Morgan fingerprint density at radius 2 is 2.32 bits per heavy atom. The Morgan fingerprint density at radius 1 is 1.36 bits per heavy atom. The Kier molecular flexibility index (Phi) is 4.26. The number of hydrogen-bond acceptors (Lipinski definition) is 6. The van der Waals surface area contributed by atoms with E-state index in [4.69, 9.17) is 8.94 Å². The number of carbonyl (C=O) groups excluding carboxylic acids is 1. The lowest BCUT2D eigenvalue weighted by molar-refractivity contribution is -0.133. The molecule has 1 spiro atoms. The summed E-state index contributed by atoms with van der Waals surface area (Å²) in [7, 11) is 0. The summed E-state index contributed by atoms with van der Waals surface area (Å²) in [6, 6.07) is 3.57. The quantitative estimate of drug-likeness (QED) is 0.729. The van der Waals surface area contributed by atoms with E-state index < -0.39 is 0 Å². The summed E-state index contributed by atoms with van der Waals surface area (Å²) in [5.41, 5.74) is 2.64. The van der Waals surface area contributed by atoms with Crippen LogP contribution >= 0.6 is 0 Å². The van der Waals surface area contributed by atoms with Gasteiger partial charge in [-0.15, -0.1) is 0 Å². The number of nitrogens with zero attached hydrogens (tertiary/aromatic N) is 4. The molecule has 0 radical (unpaired) electrons. The van der Waals surface area contributed by atoms with Gasteiger partial charge in [0.25, 0.3) is 0 Å². The van der Waals surface area contributed by atoms with Crippen LogP contribution in [0.15, 0.2) is 33.5 Å². The van der Waals surface area contributed by atoms with Crippen LogP contribution in [0, 0.1) is 0 Å².